The first-order valence-corrected chi connectivity index (χ1v) is 9.85. The second kappa shape index (κ2) is 8.75. The lowest BCUT2D eigenvalue weighted by molar-refractivity contribution is -0.120. The average molecular weight is 382 g/mol. The molecule has 1 N–H and O–H groups in total. The first-order valence-electron chi connectivity index (χ1n) is 8.01. The minimum Gasteiger partial charge on any atom is -0.356 e. The first kappa shape index (κ1) is 19.8. The molecule has 0 unspecified atom stereocenters. The van der Waals surface area contributed by atoms with Gasteiger partial charge in [-0.1, -0.05) is 30.3 Å². The van der Waals surface area contributed by atoms with Crippen LogP contribution in [0, 0.1) is 11.6 Å². The summed E-state index contributed by atoms with van der Waals surface area (Å²) in [6, 6.07) is 12.4. The van der Waals surface area contributed by atoms with E-state index >= 15 is 0 Å². The number of amides is 1. The van der Waals surface area contributed by atoms with Crippen LogP contribution in [0.5, 0.6) is 0 Å². The number of hydrogen-bond donors (Lipinski definition) is 1. The summed E-state index contributed by atoms with van der Waals surface area (Å²) in [6.45, 7) is 0.258. The molecule has 0 saturated carbocycles. The van der Waals surface area contributed by atoms with Gasteiger partial charge in [-0.25, -0.2) is 17.2 Å². The molecule has 0 fully saturated rings. The molecule has 0 aliphatic carbocycles. The summed E-state index contributed by atoms with van der Waals surface area (Å²) in [5, 5.41) is 2.72. The second-order valence-corrected chi connectivity index (χ2v) is 7.68. The van der Waals surface area contributed by atoms with Gasteiger partial charge in [0.1, 0.15) is 0 Å². The first-order chi connectivity index (χ1) is 12.3. The van der Waals surface area contributed by atoms with Crippen molar-refractivity contribution < 1.29 is 22.0 Å². The highest BCUT2D eigenvalue weighted by molar-refractivity contribution is 7.92. The van der Waals surface area contributed by atoms with Crippen molar-refractivity contribution in [1.82, 2.24) is 5.32 Å². The molecule has 0 aliphatic heterocycles. The van der Waals surface area contributed by atoms with Crippen molar-refractivity contribution in [1.29, 1.82) is 0 Å². The number of carbonyl (C=O) groups is 1. The molecule has 0 aromatic heterocycles. The molecule has 2 rings (SSSR count). The number of halogens is 2. The van der Waals surface area contributed by atoms with Gasteiger partial charge in [-0.2, -0.15) is 0 Å². The van der Waals surface area contributed by atoms with Crippen molar-refractivity contribution in [2.75, 3.05) is 23.7 Å². The van der Waals surface area contributed by atoms with E-state index in [1.807, 2.05) is 30.3 Å². The van der Waals surface area contributed by atoms with E-state index in [1.54, 1.807) is 0 Å². The molecule has 140 valence electrons. The number of rotatable bonds is 8. The quantitative estimate of drug-likeness (QED) is 0.763. The Morgan fingerprint density at radius 1 is 1.08 bits per heavy atom. The van der Waals surface area contributed by atoms with Crippen molar-refractivity contribution >= 4 is 21.6 Å². The van der Waals surface area contributed by atoms with E-state index in [4.69, 9.17) is 0 Å². The summed E-state index contributed by atoms with van der Waals surface area (Å²) in [4.78, 5) is 12.0. The third kappa shape index (κ3) is 5.80. The van der Waals surface area contributed by atoms with E-state index in [2.05, 4.69) is 5.32 Å². The molecule has 1 amide bonds. The summed E-state index contributed by atoms with van der Waals surface area (Å²) >= 11 is 0. The van der Waals surface area contributed by atoms with Crippen molar-refractivity contribution in [2.45, 2.75) is 12.8 Å². The summed E-state index contributed by atoms with van der Waals surface area (Å²) in [5.41, 5.74) is 1.05. The smallest absolute Gasteiger partial charge is 0.232 e. The fourth-order valence-corrected chi connectivity index (χ4v) is 3.33. The molecule has 0 bridgehead atoms. The highest BCUT2D eigenvalue weighted by Crippen LogP contribution is 2.20. The second-order valence-electron chi connectivity index (χ2n) is 5.77. The van der Waals surface area contributed by atoms with E-state index < -0.39 is 21.7 Å². The predicted molar refractivity (Wildman–Crippen MR) is 96.3 cm³/mol. The van der Waals surface area contributed by atoms with Crippen molar-refractivity contribution in [3.8, 4) is 0 Å². The van der Waals surface area contributed by atoms with Crippen LogP contribution in [0.15, 0.2) is 48.5 Å². The molecule has 0 aliphatic rings. The zero-order chi connectivity index (χ0) is 19.2. The predicted octanol–water partition coefficient (Wildman–Crippen LogP) is 2.48. The minimum atomic E-state index is -3.74. The van der Waals surface area contributed by atoms with Gasteiger partial charge in [-0.15, -0.1) is 0 Å². The fourth-order valence-electron chi connectivity index (χ4n) is 2.41. The van der Waals surface area contributed by atoms with Crippen LogP contribution < -0.4 is 9.62 Å². The Bertz CT molecular complexity index is 858. The summed E-state index contributed by atoms with van der Waals surface area (Å²) < 4.78 is 51.1. The molecule has 8 heteroatoms. The Balaban J connectivity index is 1.92. The molecule has 0 heterocycles. The fraction of sp³-hybridized carbons (Fsp3) is 0.278. The molecule has 0 spiro atoms. The van der Waals surface area contributed by atoms with E-state index in [0.717, 1.165) is 34.3 Å². The maximum Gasteiger partial charge on any atom is 0.232 e. The molecule has 5 nitrogen and oxygen atoms in total. The van der Waals surface area contributed by atoms with Gasteiger partial charge in [0.05, 0.1) is 11.9 Å². The number of hydrogen-bond acceptors (Lipinski definition) is 3. The van der Waals surface area contributed by atoms with Gasteiger partial charge in [0, 0.05) is 25.6 Å². The molecule has 2 aromatic rings. The molecular weight excluding hydrogens is 362 g/mol. The van der Waals surface area contributed by atoms with E-state index in [-0.39, 0.29) is 24.6 Å². The van der Waals surface area contributed by atoms with E-state index in [0.29, 0.717) is 13.0 Å². The number of nitrogens with one attached hydrogen (secondary N) is 1. The van der Waals surface area contributed by atoms with Gasteiger partial charge in [-0.05, 0) is 24.1 Å². The van der Waals surface area contributed by atoms with Crippen molar-refractivity contribution in [3.05, 3.63) is 65.7 Å². The van der Waals surface area contributed by atoms with Crippen LogP contribution in [-0.2, 0) is 21.2 Å². The number of nitrogens with zero attached hydrogens (tertiary/aromatic N) is 1. The van der Waals surface area contributed by atoms with E-state index in [1.165, 1.54) is 0 Å². The van der Waals surface area contributed by atoms with Crippen molar-refractivity contribution in [2.24, 2.45) is 0 Å². The highest BCUT2D eigenvalue weighted by atomic mass is 32.2. The molecule has 0 atom stereocenters. The minimum absolute atomic E-state index is 0.0246. The average Bonchev–Trinajstić information content (AvgIpc) is 2.58. The van der Waals surface area contributed by atoms with Gasteiger partial charge >= 0.3 is 0 Å². The molecular formula is C18H20F2N2O3S. The lowest BCUT2D eigenvalue weighted by Crippen LogP contribution is -2.35. The van der Waals surface area contributed by atoms with Gasteiger partial charge in [0.25, 0.3) is 0 Å². The zero-order valence-electron chi connectivity index (χ0n) is 14.3. The molecule has 0 radical (unpaired) electrons. The standard InChI is InChI=1S/C18H20F2N2O3S/c1-26(24,25)22(15-7-8-16(19)17(20)13-15)12-10-18(23)21-11-9-14-5-3-2-4-6-14/h2-8,13H,9-12H2,1H3,(H,21,23). The molecule has 2 aromatic carbocycles. The topological polar surface area (TPSA) is 66.5 Å². The van der Waals surface area contributed by atoms with Crippen LogP contribution in [0.3, 0.4) is 0 Å². The van der Waals surface area contributed by atoms with Crippen LogP contribution in [0.4, 0.5) is 14.5 Å². The number of benzene rings is 2. The summed E-state index contributed by atoms with van der Waals surface area (Å²) in [6.07, 6.45) is 1.51. The third-order valence-electron chi connectivity index (χ3n) is 3.71. The van der Waals surface area contributed by atoms with Gasteiger partial charge in [0.15, 0.2) is 11.6 Å². The molecule has 0 saturated heterocycles. The monoisotopic (exact) mass is 382 g/mol. The van der Waals surface area contributed by atoms with Crippen LogP contribution in [0.25, 0.3) is 0 Å². The van der Waals surface area contributed by atoms with Gasteiger partial charge in [0.2, 0.25) is 15.9 Å². The Morgan fingerprint density at radius 3 is 2.38 bits per heavy atom. The van der Waals surface area contributed by atoms with Crippen molar-refractivity contribution in [3.63, 3.8) is 0 Å². The summed E-state index contributed by atoms with van der Waals surface area (Å²) in [5.74, 6) is -2.54. The molecule has 26 heavy (non-hydrogen) atoms. The lowest BCUT2D eigenvalue weighted by atomic mass is 10.1. The Hall–Kier alpha value is -2.48. The normalized spacial score (nSPS) is 11.2. The third-order valence-corrected chi connectivity index (χ3v) is 4.91. The van der Waals surface area contributed by atoms with Crippen LogP contribution in [0.1, 0.15) is 12.0 Å². The SMILES string of the molecule is CS(=O)(=O)N(CCC(=O)NCCc1ccccc1)c1ccc(F)c(F)c1. The number of anilines is 1. The highest BCUT2D eigenvalue weighted by Gasteiger charge is 2.20. The Kier molecular flexibility index (Phi) is 6.68. The largest absolute Gasteiger partial charge is 0.356 e. The van der Waals surface area contributed by atoms with Crippen LogP contribution in [0.2, 0.25) is 0 Å². The maximum atomic E-state index is 13.4. The van der Waals surface area contributed by atoms with Crippen LogP contribution >= 0.6 is 0 Å². The van der Waals surface area contributed by atoms with E-state index in [9.17, 15) is 22.0 Å². The van der Waals surface area contributed by atoms with Crippen LogP contribution in [-0.4, -0.2) is 33.7 Å². The maximum absolute atomic E-state index is 13.4. The van der Waals surface area contributed by atoms with Gasteiger partial charge in [-0.3, -0.25) is 9.10 Å². The summed E-state index contributed by atoms with van der Waals surface area (Å²) in [7, 11) is -3.74. The lowest BCUT2D eigenvalue weighted by Gasteiger charge is -2.22. The zero-order valence-corrected chi connectivity index (χ0v) is 15.1. The van der Waals surface area contributed by atoms with Gasteiger partial charge < -0.3 is 5.32 Å². The number of sulfonamides is 1. The number of carbonyl (C=O) groups excluding carboxylic acids is 1. The Morgan fingerprint density at radius 2 is 1.77 bits per heavy atom. The Labute approximate surface area is 151 Å².